The Balaban J connectivity index is 1.91. The van der Waals surface area contributed by atoms with E-state index in [1.165, 1.54) is 0 Å². The number of imidazole rings is 1. The Hall–Kier alpha value is -2.63. The van der Waals surface area contributed by atoms with Crippen LogP contribution in [-0.4, -0.2) is 34.9 Å². The summed E-state index contributed by atoms with van der Waals surface area (Å²) in [5.41, 5.74) is 3.05. The van der Waals surface area contributed by atoms with Crippen LogP contribution in [0.1, 0.15) is 26.1 Å². The number of benzene rings is 1. The van der Waals surface area contributed by atoms with Gasteiger partial charge in [0.2, 0.25) is 0 Å². The summed E-state index contributed by atoms with van der Waals surface area (Å²) in [7, 11) is 0. The highest BCUT2D eigenvalue weighted by Gasteiger charge is 2.06. The number of carbonyl (C=O) groups is 2. The van der Waals surface area contributed by atoms with Crippen molar-refractivity contribution in [1.82, 2.24) is 9.97 Å². The fraction of sp³-hybridized carbons (Fsp3) is 0.353. The van der Waals surface area contributed by atoms with Crippen molar-refractivity contribution in [3.8, 4) is 0 Å². The van der Waals surface area contributed by atoms with Gasteiger partial charge in [0.15, 0.2) is 0 Å². The Labute approximate surface area is 134 Å². The van der Waals surface area contributed by atoms with Crippen LogP contribution in [0, 0.1) is 0 Å². The van der Waals surface area contributed by atoms with Crippen molar-refractivity contribution in [3.05, 3.63) is 36.2 Å². The average molecular weight is 315 g/mol. The van der Waals surface area contributed by atoms with Gasteiger partial charge in [0.25, 0.3) is 0 Å². The van der Waals surface area contributed by atoms with E-state index in [0.717, 1.165) is 22.5 Å². The van der Waals surface area contributed by atoms with Crippen molar-refractivity contribution in [3.63, 3.8) is 0 Å². The SMILES string of the molecule is C=C(C)C(=O)OCCCc1nc2ccc(NCC(C)=O)cc2[nH]1. The normalized spacial score (nSPS) is 10.5. The summed E-state index contributed by atoms with van der Waals surface area (Å²) in [5.74, 6) is 0.561. The van der Waals surface area contributed by atoms with Crippen molar-refractivity contribution in [2.45, 2.75) is 26.7 Å². The minimum atomic E-state index is -0.365. The first-order chi connectivity index (χ1) is 11.0. The Kier molecular flexibility index (Phi) is 5.51. The predicted molar refractivity (Wildman–Crippen MR) is 89.4 cm³/mol. The molecule has 2 N–H and O–H groups in total. The number of H-pyrrole nitrogens is 1. The maximum Gasteiger partial charge on any atom is 0.333 e. The first kappa shape index (κ1) is 16.7. The summed E-state index contributed by atoms with van der Waals surface area (Å²) in [6.07, 6.45) is 1.38. The van der Waals surface area contributed by atoms with Crippen LogP contribution >= 0.6 is 0 Å². The van der Waals surface area contributed by atoms with Gasteiger partial charge in [-0.25, -0.2) is 9.78 Å². The molecule has 1 aromatic carbocycles. The molecule has 0 spiro atoms. The minimum Gasteiger partial charge on any atom is -0.462 e. The van der Waals surface area contributed by atoms with Gasteiger partial charge < -0.3 is 15.0 Å². The zero-order chi connectivity index (χ0) is 16.8. The van der Waals surface area contributed by atoms with Gasteiger partial charge in [-0.3, -0.25) is 4.79 Å². The molecule has 0 aliphatic heterocycles. The van der Waals surface area contributed by atoms with Gasteiger partial charge in [-0.2, -0.15) is 0 Å². The van der Waals surface area contributed by atoms with Gasteiger partial charge in [0.1, 0.15) is 11.6 Å². The Morgan fingerprint density at radius 2 is 2.13 bits per heavy atom. The van der Waals surface area contributed by atoms with Crippen LogP contribution in [0.4, 0.5) is 5.69 Å². The standard InChI is InChI=1S/C17H21N3O3/c1-11(2)17(22)23-8-4-5-16-19-14-7-6-13(9-15(14)20-16)18-10-12(3)21/h6-7,9,18H,1,4-5,8,10H2,2-3H3,(H,19,20). The topological polar surface area (TPSA) is 84.1 Å². The summed E-state index contributed by atoms with van der Waals surface area (Å²) >= 11 is 0. The van der Waals surface area contributed by atoms with E-state index < -0.39 is 0 Å². The van der Waals surface area contributed by atoms with Crippen molar-refractivity contribution in [2.75, 3.05) is 18.5 Å². The molecule has 0 amide bonds. The Morgan fingerprint density at radius 3 is 2.83 bits per heavy atom. The second kappa shape index (κ2) is 7.58. The maximum absolute atomic E-state index is 11.3. The van der Waals surface area contributed by atoms with E-state index in [1.807, 2.05) is 18.2 Å². The largest absolute Gasteiger partial charge is 0.462 e. The molecule has 0 saturated carbocycles. The van der Waals surface area contributed by atoms with E-state index in [-0.39, 0.29) is 11.8 Å². The molecule has 1 heterocycles. The number of aryl methyl sites for hydroxylation is 1. The molecule has 2 aromatic rings. The molecule has 0 aliphatic rings. The van der Waals surface area contributed by atoms with Crippen molar-refractivity contribution in [1.29, 1.82) is 0 Å². The van der Waals surface area contributed by atoms with Gasteiger partial charge in [-0.05, 0) is 38.5 Å². The lowest BCUT2D eigenvalue weighted by Crippen LogP contribution is -2.09. The third-order valence-electron chi connectivity index (χ3n) is 3.21. The molecule has 0 radical (unpaired) electrons. The van der Waals surface area contributed by atoms with Crippen LogP contribution in [0.3, 0.4) is 0 Å². The molecule has 0 saturated heterocycles. The number of ether oxygens (including phenoxy) is 1. The quantitative estimate of drug-likeness (QED) is 0.444. The first-order valence-corrected chi connectivity index (χ1v) is 7.50. The van der Waals surface area contributed by atoms with Gasteiger partial charge >= 0.3 is 5.97 Å². The Morgan fingerprint density at radius 1 is 1.35 bits per heavy atom. The summed E-state index contributed by atoms with van der Waals surface area (Å²) in [4.78, 5) is 30.0. The number of rotatable bonds is 8. The number of carbonyl (C=O) groups excluding carboxylic acids is 2. The number of fused-ring (bicyclic) bond motifs is 1. The molecule has 23 heavy (non-hydrogen) atoms. The fourth-order valence-corrected chi connectivity index (χ4v) is 2.05. The van der Waals surface area contributed by atoms with Crippen molar-refractivity contribution >= 4 is 28.5 Å². The second-order valence-electron chi connectivity index (χ2n) is 5.49. The Bertz CT molecular complexity index is 734. The van der Waals surface area contributed by atoms with Crippen molar-refractivity contribution < 1.29 is 14.3 Å². The maximum atomic E-state index is 11.3. The van der Waals surface area contributed by atoms with Crippen LogP contribution in [0.15, 0.2) is 30.4 Å². The van der Waals surface area contributed by atoms with E-state index in [9.17, 15) is 9.59 Å². The predicted octanol–water partition coefficient (Wildman–Crippen LogP) is 2.62. The molecular weight excluding hydrogens is 294 g/mol. The number of Topliss-reactive ketones (excluding diaryl/α,β-unsaturated/α-hetero) is 1. The van der Waals surface area contributed by atoms with Gasteiger partial charge in [0.05, 0.1) is 24.2 Å². The van der Waals surface area contributed by atoms with Crippen LogP contribution in [-0.2, 0) is 20.7 Å². The number of hydrogen-bond donors (Lipinski definition) is 2. The number of esters is 1. The molecule has 0 fully saturated rings. The summed E-state index contributed by atoms with van der Waals surface area (Å²) in [6.45, 7) is 7.35. The van der Waals surface area contributed by atoms with Crippen LogP contribution in [0.25, 0.3) is 11.0 Å². The van der Waals surface area contributed by atoms with E-state index in [4.69, 9.17) is 4.74 Å². The number of ketones is 1. The highest BCUT2D eigenvalue weighted by atomic mass is 16.5. The second-order valence-corrected chi connectivity index (χ2v) is 5.49. The van der Waals surface area contributed by atoms with E-state index >= 15 is 0 Å². The molecular formula is C17H21N3O3. The van der Waals surface area contributed by atoms with Crippen LogP contribution < -0.4 is 5.32 Å². The fourth-order valence-electron chi connectivity index (χ4n) is 2.05. The van der Waals surface area contributed by atoms with Crippen LogP contribution in [0.2, 0.25) is 0 Å². The number of anilines is 1. The lowest BCUT2D eigenvalue weighted by molar-refractivity contribution is -0.139. The molecule has 2 rings (SSSR count). The highest BCUT2D eigenvalue weighted by Crippen LogP contribution is 2.17. The van der Waals surface area contributed by atoms with E-state index in [1.54, 1.807) is 13.8 Å². The minimum absolute atomic E-state index is 0.0831. The summed E-state index contributed by atoms with van der Waals surface area (Å²) in [6, 6.07) is 5.72. The molecule has 0 bridgehead atoms. The smallest absolute Gasteiger partial charge is 0.333 e. The monoisotopic (exact) mass is 315 g/mol. The van der Waals surface area contributed by atoms with Crippen molar-refractivity contribution in [2.24, 2.45) is 0 Å². The first-order valence-electron chi connectivity index (χ1n) is 7.50. The molecule has 6 nitrogen and oxygen atoms in total. The number of hydrogen-bond acceptors (Lipinski definition) is 5. The third kappa shape index (κ3) is 4.95. The van der Waals surface area contributed by atoms with Gasteiger partial charge in [-0.1, -0.05) is 6.58 Å². The average Bonchev–Trinajstić information content (AvgIpc) is 2.91. The van der Waals surface area contributed by atoms with Gasteiger partial charge in [-0.15, -0.1) is 0 Å². The van der Waals surface area contributed by atoms with E-state index in [2.05, 4.69) is 21.9 Å². The highest BCUT2D eigenvalue weighted by molar-refractivity contribution is 5.87. The molecule has 0 atom stereocenters. The zero-order valence-corrected chi connectivity index (χ0v) is 13.4. The van der Waals surface area contributed by atoms with Gasteiger partial charge in [0, 0.05) is 17.7 Å². The van der Waals surface area contributed by atoms with Crippen LogP contribution in [0.5, 0.6) is 0 Å². The lowest BCUT2D eigenvalue weighted by atomic mass is 10.2. The summed E-state index contributed by atoms with van der Waals surface area (Å²) in [5, 5.41) is 3.06. The number of nitrogens with zero attached hydrogens (tertiary/aromatic N) is 1. The number of nitrogens with one attached hydrogen (secondary N) is 2. The molecule has 0 unspecified atom stereocenters. The summed E-state index contributed by atoms with van der Waals surface area (Å²) < 4.78 is 5.05. The molecule has 0 aliphatic carbocycles. The number of aromatic amines is 1. The zero-order valence-electron chi connectivity index (χ0n) is 13.4. The van der Waals surface area contributed by atoms with E-state index in [0.29, 0.717) is 31.6 Å². The molecule has 1 aromatic heterocycles. The molecule has 6 heteroatoms. The lowest BCUT2D eigenvalue weighted by Gasteiger charge is -2.03. The number of aromatic nitrogens is 2. The molecule has 122 valence electrons. The third-order valence-corrected chi connectivity index (χ3v) is 3.21.